The van der Waals surface area contributed by atoms with Gasteiger partial charge in [-0.15, -0.1) is 0 Å². The van der Waals surface area contributed by atoms with Gasteiger partial charge in [0.25, 0.3) is 5.91 Å². The highest BCUT2D eigenvalue weighted by Crippen LogP contribution is 2.35. The molecular weight excluding hydrogens is 338 g/mol. The largest absolute Gasteiger partial charge is 0.385 e. The van der Waals surface area contributed by atoms with Crippen molar-refractivity contribution in [1.82, 2.24) is 9.88 Å². The summed E-state index contributed by atoms with van der Waals surface area (Å²) in [6.45, 7) is 1.26. The summed E-state index contributed by atoms with van der Waals surface area (Å²) in [5.41, 5.74) is 0.591. The van der Waals surface area contributed by atoms with Crippen LogP contribution < -0.4 is 4.90 Å². The first kappa shape index (κ1) is 17.7. The number of halogens is 1. The van der Waals surface area contributed by atoms with Gasteiger partial charge < -0.3 is 14.9 Å². The first-order valence-electron chi connectivity index (χ1n) is 8.31. The minimum atomic E-state index is -0.873. The van der Waals surface area contributed by atoms with E-state index in [0.29, 0.717) is 42.3 Å². The molecule has 1 saturated heterocycles. The van der Waals surface area contributed by atoms with E-state index in [1.165, 1.54) is 0 Å². The maximum atomic E-state index is 12.4. The van der Waals surface area contributed by atoms with E-state index in [1.807, 2.05) is 12.1 Å². The van der Waals surface area contributed by atoms with E-state index in [0.717, 1.165) is 5.56 Å². The molecule has 5 nitrogen and oxygen atoms in total. The highest BCUT2D eigenvalue weighted by molar-refractivity contribution is 6.30. The number of carbonyl (C=O) groups excluding carboxylic acids is 1. The average molecular weight is 360 g/mol. The number of anilines is 1. The lowest BCUT2D eigenvalue weighted by atomic mass is 9.84. The van der Waals surface area contributed by atoms with Crippen LogP contribution in [0.2, 0.25) is 5.02 Å². The summed E-state index contributed by atoms with van der Waals surface area (Å²) in [7, 11) is 3.46. The number of amides is 1. The summed E-state index contributed by atoms with van der Waals surface area (Å²) >= 11 is 5.94. The lowest BCUT2D eigenvalue weighted by molar-refractivity contribution is 0.0116. The summed E-state index contributed by atoms with van der Waals surface area (Å²) in [4.78, 5) is 20.4. The molecule has 3 rings (SSSR count). The third kappa shape index (κ3) is 3.62. The molecule has 0 radical (unpaired) electrons. The number of carbonyl (C=O) groups is 1. The molecule has 1 amide bonds. The van der Waals surface area contributed by atoms with E-state index in [4.69, 9.17) is 11.6 Å². The van der Waals surface area contributed by atoms with Gasteiger partial charge in [-0.25, -0.2) is 4.98 Å². The molecule has 1 N–H and O–H groups in total. The zero-order chi connectivity index (χ0) is 18.0. The molecule has 1 aliphatic rings. The number of aromatic nitrogens is 1. The van der Waals surface area contributed by atoms with Crippen molar-refractivity contribution in [2.24, 2.45) is 0 Å². The minimum Gasteiger partial charge on any atom is -0.385 e. The third-order valence-corrected chi connectivity index (χ3v) is 4.95. The number of aliphatic hydroxyl groups is 1. The molecule has 6 heteroatoms. The van der Waals surface area contributed by atoms with E-state index in [1.54, 1.807) is 49.5 Å². The van der Waals surface area contributed by atoms with E-state index in [9.17, 15) is 9.90 Å². The number of pyridine rings is 1. The van der Waals surface area contributed by atoms with E-state index >= 15 is 0 Å². The SMILES string of the molecule is CN(C)C(=O)c1cccnc1N1CCC(O)(c2ccc(Cl)cc2)CC1. The van der Waals surface area contributed by atoms with Crippen LogP contribution in [0, 0.1) is 0 Å². The molecule has 0 aliphatic carbocycles. The fraction of sp³-hybridized carbons (Fsp3) is 0.368. The van der Waals surface area contributed by atoms with Crippen LogP contribution in [0.25, 0.3) is 0 Å². The van der Waals surface area contributed by atoms with Crippen molar-refractivity contribution in [2.45, 2.75) is 18.4 Å². The Labute approximate surface area is 152 Å². The predicted octanol–water partition coefficient (Wildman–Crippen LogP) is 2.92. The Hall–Kier alpha value is -2.11. The molecule has 1 fully saturated rings. The fourth-order valence-corrected chi connectivity index (χ4v) is 3.32. The number of hydrogen-bond acceptors (Lipinski definition) is 4. The van der Waals surface area contributed by atoms with Gasteiger partial charge in [0.05, 0.1) is 11.2 Å². The van der Waals surface area contributed by atoms with Gasteiger partial charge in [-0.1, -0.05) is 23.7 Å². The van der Waals surface area contributed by atoms with Crippen LogP contribution in [0.15, 0.2) is 42.6 Å². The number of benzene rings is 1. The number of rotatable bonds is 3. The topological polar surface area (TPSA) is 56.7 Å². The van der Waals surface area contributed by atoms with E-state index in [-0.39, 0.29) is 5.91 Å². The van der Waals surface area contributed by atoms with Crippen molar-refractivity contribution >= 4 is 23.3 Å². The summed E-state index contributed by atoms with van der Waals surface area (Å²) in [6, 6.07) is 10.9. The van der Waals surface area contributed by atoms with Crippen LogP contribution >= 0.6 is 11.6 Å². The molecular formula is C19H22ClN3O2. The Kier molecular flexibility index (Phi) is 4.97. The van der Waals surface area contributed by atoms with Gasteiger partial charge in [0, 0.05) is 38.4 Å². The van der Waals surface area contributed by atoms with Gasteiger partial charge in [0.1, 0.15) is 5.82 Å². The second-order valence-corrected chi connectivity index (χ2v) is 7.04. The molecule has 25 heavy (non-hydrogen) atoms. The number of hydrogen-bond donors (Lipinski definition) is 1. The van der Waals surface area contributed by atoms with Crippen LogP contribution in [0.5, 0.6) is 0 Å². The molecule has 1 aliphatic heterocycles. The highest BCUT2D eigenvalue weighted by Gasteiger charge is 2.35. The lowest BCUT2D eigenvalue weighted by Crippen LogP contribution is -2.43. The first-order chi connectivity index (χ1) is 11.9. The Bertz CT molecular complexity index is 754. The zero-order valence-corrected chi connectivity index (χ0v) is 15.2. The third-order valence-electron chi connectivity index (χ3n) is 4.69. The van der Waals surface area contributed by atoms with Gasteiger partial charge in [-0.3, -0.25) is 4.79 Å². The van der Waals surface area contributed by atoms with Crippen molar-refractivity contribution in [3.8, 4) is 0 Å². The van der Waals surface area contributed by atoms with Gasteiger partial charge in [-0.2, -0.15) is 0 Å². The molecule has 0 atom stereocenters. The molecule has 1 aromatic carbocycles. The summed E-state index contributed by atoms with van der Waals surface area (Å²) in [5, 5.41) is 11.7. The Morgan fingerprint density at radius 3 is 2.44 bits per heavy atom. The highest BCUT2D eigenvalue weighted by atomic mass is 35.5. The Morgan fingerprint density at radius 1 is 1.20 bits per heavy atom. The second kappa shape index (κ2) is 7.02. The first-order valence-corrected chi connectivity index (χ1v) is 8.68. The van der Waals surface area contributed by atoms with Crippen molar-refractivity contribution in [2.75, 3.05) is 32.1 Å². The second-order valence-electron chi connectivity index (χ2n) is 6.60. The standard InChI is InChI=1S/C19H22ClN3O2/c1-22(2)18(24)16-4-3-11-21-17(16)23-12-9-19(25,10-13-23)14-5-7-15(20)8-6-14/h3-8,11,25H,9-10,12-13H2,1-2H3. The van der Waals surface area contributed by atoms with Gasteiger partial charge in [0.2, 0.25) is 0 Å². The molecule has 132 valence electrons. The average Bonchev–Trinajstić information content (AvgIpc) is 2.62. The van der Waals surface area contributed by atoms with Crippen LogP contribution in [0.4, 0.5) is 5.82 Å². The maximum absolute atomic E-state index is 12.4. The van der Waals surface area contributed by atoms with Crippen LogP contribution in [0.1, 0.15) is 28.8 Å². The molecule has 0 spiro atoms. The normalized spacial score (nSPS) is 16.6. The predicted molar refractivity (Wildman–Crippen MR) is 99.1 cm³/mol. The molecule has 0 unspecified atom stereocenters. The van der Waals surface area contributed by atoms with Crippen LogP contribution in [-0.4, -0.2) is 48.1 Å². The maximum Gasteiger partial charge on any atom is 0.257 e. The molecule has 0 saturated carbocycles. The summed E-state index contributed by atoms with van der Waals surface area (Å²) in [5.74, 6) is 0.612. The molecule has 0 bridgehead atoms. The molecule has 2 heterocycles. The minimum absolute atomic E-state index is 0.0679. The van der Waals surface area contributed by atoms with E-state index in [2.05, 4.69) is 9.88 Å². The Morgan fingerprint density at radius 2 is 1.84 bits per heavy atom. The van der Waals surface area contributed by atoms with Gasteiger partial charge in [-0.05, 0) is 42.7 Å². The fourth-order valence-electron chi connectivity index (χ4n) is 3.19. The smallest absolute Gasteiger partial charge is 0.257 e. The van der Waals surface area contributed by atoms with E-state index < -0.39 is 5.60 Å². The summed E-state index contributed by atoms with van der Waals surface area (Å²) in [6.07, 6.45) is 2.84. The van der Waals surface area contributed by atoms with Crippen LogP contribution in [-0.2, 0) is 5.60 Å². The van der Waals surface area contributed by atoms with Crippen molar-refractivity contribution < 1.29 is 9.90 Å². The summed E-state index contributed by atoms with van der Waals surface area (Å²) < 4.78 is 0. The molecule has 1 aromatic heterocycles. The zero-order valence-electron chi connectivity index (χ0n) is 14.4. The van der Waals surface area contributed by atoms with Gasteiger partial charge in [0.15, 0.2) is 0 Å². The van der Waals surface area contributed by atoms with Gasteiger partial charge >= 0.3 is 0 Å². The van der Waals surface area contributed by atoms with Crippen molar-refractivity contribution in [3.63, 3.8) is 0 Å². The lowest BCUT2D eigenvalue weighted by Gasteiger charge is -2.39. The quantitative estimate of drug-likeness (QED) is 0.915. The van der Waals surface area contributed by atoms with Crippen molar-refractivity contribution in [1.29, 1.82) is 0 Å². The van der Waals surface area contributed by atoms with Crippen molar-refractivity contribution in [3.05, 3.63) is 58.7 Å². The van der Waals surface area contributed by atoms with Crippen LogP contribution in [0.3, 0.4) is 0 Å². The monoisotopic (exact) mass is 359 g/mol. The molecule has 2 aromatic rings. The number of piperidine rings is 1. The number of nitrogens with zero attached hydrogens (tertiary/aromatic N) is 3. The Balaban J connectivity index is 1.79.